The van der Waals surface area contributed by atoms with Crippen molar-refractivity contribution < 1.29 is 9.90 Å². The maximum atomic E-state index is 12.2. The van der Waals surface area contributed by atoms with Crippen LogP contribution in [-0.4, -0.2) is 23.7 Å². The van der Waals surface area contributed by atoms with Crippen molar-refractivity contribution in [3.63, 3.8) is 0 Å². The Balaban J connectivity index is 2.82. The molecule has 3 nitrogen and oxygen atoms in total. The lowest BCUT2D eigenvalue weighted by Crippen LogP contribution is -2.32. The maximum Gasteiger partial charge on any atom is 0.252 e. The molecule has 0 bridgehead atoms. The summed E-state index contributed by atoms with van der Waals surface area (Å²) in [5.74, 6) is 5.69. The third kappa shape index (κ3) is 5.15. The van der Waals surface area contributed by atoms with Crippen LogP contribution in [0.3, 0.4) is 0 Å². The summed E-state index contributed by atoms with van der Waals surface area (Å²) in [6.45, 7) is 4.13. The molecule has 0 radical (unpaired) electrons. The Hall–Kier alpha value is -1.79. The predicted octanol–water partition coefficient (Wildman–Crippen LogP) is 2.34. The SMILES string of the molecule is CCCC(C)NC(=O)c1ccccc1C#CCCO. The van der Waals surface area contributed by atoms with Crippen LogP contribution in [0, 0.1) is 11.8 Å². The largest absolute Gasteiger partial charge is 0.395 e. The van der Waals surface area contributed by atoms with Gasteiger partial charge in [0.2, 0.25) is 0 Å². The Morgan fingerprint density at radius 2 is 2.16 bits per heavy atom. The van der Waals surface area contributed by atoms with Gasteiger partial charge in [0.05, 0.1) is 12.2 Å². The minimum absolute atomic E-state index is 0.0366. The number of hydrogen-bond acceptors (Lipinski definition) is 2. The fourth-order valence-electron chi connectivity index (χ4n) is 1.81. The van der Waals surface area contributed by atoms with E-state index >= 15 is 0 Å². The minimum atomic E-state index is -0.0881. The Kier molecular flexibility index (Phi) is 6.70. The number of aliphatic hydroxyl groups is 1. The van der Waals surface area contributed by atoms with Crippen LogP contribution in [0.25, 0.3) is 0 Å². The van der Waals surface area contributed by atoms with Crippen molar-refractivity contribution in [1.82, 2.24) is 5.32 Å². The number of amides is 1. The quantitative estimate of drug-likeness (QED) is 0.797. The van der Waals surface area contributed by atoms with E-state index in [1.54, 1.807) is 6.07 Å². The first-order chi connectivity index (χ1) is 9.19. The van der Waals surface area contributed by atoms with Crippen molar-refractivity contribution in [2.75, 3.05) is 6.61 Å². The summed E-state index contributed by atoms with van der Waals surface area (Å²) in [5.41, 5.74) is 1.30. The molecule has 1 rings (SSSR count). The third-order valence-corrected chi connectivity index (χ3v) is 2.73. The van der Waals surface area contributed by atoms with E-state index < -0.39 is 0 Å². The van der Waals surface area contributed by atoms with E-state index in [-0.39, 0.29) is 18.6 Å². The Morgan fingerprint density at radius 1 is 1.42 bits per heavy atom. The van der Waals surface area contributed by atoms with Gasteiger partial charge in [-0.1, -0.05) is 37.3 Å². The van der Waals surface area contributed by atoms with Crippen LogP contribution in [0.15, 0.2) is 24.3 Å². The molecule has 0 saturated carbocycles. The fraction of sp³-hybridized carbons (Fsp3) is 0.438. The average Bonchev–Trinajstić information content (AvgIpc) is 2.39. The first-order valence-electron chi connectivity index (χ1n) is 6.68. The topological polar surface area (TPSA) is 49.3 Å². The van der Waals surface area contributed by atoms with Gasteiger partial charge in [-0.25, -0.2) is 0 Å². The van der Waals surface area contributed by atoms with Crippen molar-refractivity contribution in [3.8, 4) is 11.8 Å². The zero-order chi connectivity index (χ0) is 14.1. The summed E-state index contributed by atoms with van der Waals surface area (Å²) >= 11 is 0. The highest BCUT2D eigenvalue weighted by Crippen LogP contribution is 2.08. The van der Waals surface area contributed by atoms with Crippen LogP contribution in [0.1, 0.15) is 49.0 Å². The Morgan fingerprint density at radius 3 is 2.84 bits per heavy atom. The molecule has 0 fully saturated rings. The van der Waals surface area contributed by atoms with Gasteiger partial charge in [0.1, 0.15) is 0 Å². The van der Waals surface area contributed by atoms with Gasteiger partial charge in [0.15, 0.2) is 0 Å². The maximum absolute atomic E-state index is 12.2. The molecule has 1 aromatic rings. The standard InChI is InChI=1S/C16H21NO2/c1-3-8-13(2)17-16(19)15-11-5-4-9-14(15)10-6-7-12-18/h4-5,9,11,13,18H,3,7-8,12H2,1-2H3,(H,17,19). The predicted molar refractivity (Wildman–Crippen MR) is 76.9 cm³/mol. The molecule has 0 aliphatic rings. The molecule has 1 unspecified atom stereocenters. The van der Waals surface area contributed by atoms with E-state index in [0.717, 1.165) is 12.8 Å². The molecule has 0 aromatic heterocycles. The van der Waals surface area contributed by atoms with Crippen LogP contribution in [-0.2, 0) is 0 Å². The van der Waals surface area contributed by atoms with E-state index in [9.17, 15) is 4.79 Å². The zero-order valence-corrected chi connectivity index (χ0v) is 11.6. The molecular formula is C16H21NO2. The van der Waals surface area contributed by atoms with Gasteiger partial charge in [0.25, 0.3) is 5.91 Å². The highest BCUT2D eigenvalue weighted by atomic mass is 16.2. The van der Waals surface area contributed by atoms with Crippen LogP contribution in [0.5, 0.6) is 0 Å². The van der Waals surface area contributed by atoms with Crippen LogP contribution >= 0.6 is 0 Å². The van der Waals surface area contributed by atoms with E-state index in [1.807, 2.05) is 25.1 Å². The molecule has 1 aromatic carbocycles. The summed E-state index contributed by atoms with van der Waals surface area (Å²) in [6.07, 6.45) is 2.42. The lowest BCUT2D eigenvalue weighted by atomic mass is 10.1. The molecule has 102 valence electrons. The summed E-state index contributed by atoms with van der Waals surface area (Å²) < 4.78 is 0. The highest BCUT2D eigenvalue weighted by Gasteiger charge is 2.11. The van der Waals surface area contributed by atoms with Crippen molar-refractivity contribution in [3.05, 3.63) is 35.4 Å². The van der Waals surface area contributed by atoms with Gasteiger partial charge in [-0.2, -0.15) is 0 Å². The number of carbonyl (C=O) groups is 1. The lowest BCUT2D eigenvalue weighted by molar-refractivity contribution is 0.0938. The molecule has 1 atom stereocenters. The van der Waals surface area contributed by atoms with Crippen LogP contribution in [0.2, 0.25) is 0 Å². The van der Waals surface area contributed by atoms with Crippen LogP contribution < -0.4 is 5.32 Å². The molecule has 0 aliphatic heterocycles. The summed E-state index contributed by atoms with van der Waals surface area (Å²) in [5, 5.41) is 11.7. The molecule has 1 amide bonds. The number of carbonyl (C=O) groups excluding carboxylic acids is 1. The van der Waals surface area contributed by atoms with Gasteiger partial charge in [-0.05, 0) is 25.5 Å². The average molecular weight is 259 g/mol. The fourth-order valence-corrected chi connectivity index (χ4v) is 1.81. The van der Waals surface area contributed by atoms with E-state index in [1.165, 1.54) is 0 Å². The number of aliphatic hydroxyl groups excluding tert-OH is 1. The smallest absolute Gasteiger partial charge is 0.252 e. The second kappa shape index (κ2) is 8.34. The monoisotopic (exact) mass is 259 g/mol. The molecule has 0 saturated heterocycles. The molecule has 2 N–H and O–H groups in total. The summed E-state index contributed by atoms with van der Waals surface area (Å²) in [4.78, 5) is 12.2. The van der Waals surface area contributed by atoms with E-state index in [2.05, 4.69) is 24.1 Å². The van der Waals surface area contributed by atoms with Crippen molar-refractivity contribution in [1.29, 1.82) is 0 Å². The number of hydrogen-bond donors (Lipinski definition) is 2. The number of benzene rings is 1. The molecule has 19 heavy (non-hydrogen) atoms. The second-order valence-corrected chi connectivity index (χ2v) is 4.48. The number of rotatable bonds is 5. The van der Waals surface area contributed by atoms with Gasteiger partial charge in [-0.3, -0.25) is 4.79 Å². The molecule has 0 aliphatic carbocycles. The first kappa shape index (κ1) is 15.3. The van der Waals surface area contributed by atoms with Crippen molar-refractivity contribution in [2.24, 2.45) is 0 Å². The van der Waals surface area contributed by atoms with Gasteiger partial charge >= 0.3 is 0 Å². The molecular weight excluding hydrogens is 238 g/mol. The molecule has 0 heterocycles. The molecule has 0 spiro atoms. The van der Waals surface area contributed by atoms with E-state index in [4.69, 9.17) is 5.11 Å². The lowest BCUT2D eigenvalue weighted by Gasteiger charge is -2.13. The van der Waals surface area contributed by atoms with Crippen LogP contribution in [0.4, 0.5) is 0 Å². The third-order valence-electron chi connectivity index (χ3n) is 2.73. The zero-order valence-electron chi connectivity index (χ0n) is 11.6. The Labute approximate surface area is 115 Å². The van der Waals surface area contributed by atoms with E-state index in [0.29, 0.717) is 17.5 Å². The number of nitrogens with one attached hydrogen (secondary N) is 1. The first-order valence-corrected chi connectivity index (χ1v) is 6.68. The minimum Gasteiger partial charge on any atom is -0.395 e. The summed E-state index contributed by atoms with van der Waals surface area (Å²) in [6, 6.07) is 7.45. The Bertz CT molecular complexity index is 471. The summed E-state index contributed by atoms with van der Waals surface area (Å²) in [7, 11) is 0. The van der Waals surface area contributed by atoms with Crippen molar-refractivity contribution in [2.45, 2.75) is 39.2 Å². The normalized spacial score (nSPS) is 11.3. The van der Waals surface area contributed by atoms with Crippen molar-refractivity contribution >= 4 is 5.91 Å². The van der Waals surface area contributed by atoms with Gasteiger partial charge < -0.3 is 10.4 Å². The molecule has 3 heteroatoms. The highest BCUT2D eigenvalue weighted by molar-refractivity contribution is 5.96. The van der Waals surface area contributed by atoms with Gasteiger partial charge in [-0.15, -0.1) is 0 Å². The van der Waals surface area contributed by atoms with Gasteiger partial charge in [0, 0.05) is 18.0 Å². The second-order valence-electron chi connectivity index (χ2n) is 4.48.